The number of aliphatic imine (C=N–C) groups is 1. The molecule has 3 amide bonds. The van der Waals surface area contributed by atoms with Crippen LogP contribution < -0.4 is 10.6 Å². The van der Waals surface area contributed by atoms with Gasteiger partial charge in [0.25, 0.3) is 0 Å². The van der Waals surface area contributed by atoms with E-state index in [4.69, 9.17) is 14.2 Å². The lowest BCUT2D eigenvalue weighted by Crippen LogP contribution is -2.44. The summed E-state index contributed by atoms with van der Waals surface area (Å²) in [6, 6.07) is 27.0. The molecule has 0 saturated carbocycles. The maximum atomic E-state index is 12.2. The van der Waals surface area contributed by atoms with Gasteiger partial charge in [0.15, 0.2) is 0 Å². The van der Waals surface area contributed by atoms with Crippen LogP contribution in [0.5, 0.6) is 0 Å². The smallest absolute Gasteiger partial charge is 0.437 e. The van der Waals surface area contributed by atoms with E-state index in [1.807, 2.05) is 18.2 Å². The largest absolute Gasteiger partial charge is 0.444 e. The Bertz CT molecular complexity index is 1050. The van der Waals surface area contributed by atoms with Gasteiger partial charge in [-0.05, 0) is 16.7 Å². The Morgan fingerprint density at radius 2 is 0.912 bits per heavy atom. The molecule has 2 N–H and O–H groups in total. The predicted octanol–water partition coefficient (Wildman–Crippen LogP) is 4.53. The Morgan fingerprint density at radius 3 is 1.29 bits per heavy atom. The summed E-state index contributed by atoms with van der Waals surface area (Å²) in [4.78, 5) is 40.1. The van der Waals surface area contributed by atoms with Crippen LogP contribution in [0.2, 0.25) is 0 Å². The monoisotopic (exact) mass is 461 g/mol. The summed E-state index contributed by atoms with van der Waals surface area (Å²) in [6.45, 7) is -0.0684. The van der Waals surface area contributed by atoms with Gasteiger partial charge in [-0.3, -0.25) is 10.6 Å². The lowest BCUT2D eigenvalue weighted by atomic mass is 10.2. The van der Waals surface area contributed by atoms with Crippen molar-refractivity contribution in [2.24, 2.45) is 4.99 Å². The molecule has 3 aromatic carbocycles. The van der Waals surface area contributed by atoms with Gasteiger partial charge in [0, 0.05) is 0 Å². The zero-order valence-corrected chi connectivity index (χ0v) is 18.2. The predicted molar refractivity (Wildman–Crippen MR) is 124 cm³/mol. The molecule has 0 atom stereocenters. The fourth-order valence-electron chi connectivity index (χ4n) is 2.64. The van der Waals surface area contributed by atoms with E-state index >= 15 is 0 Å². The van der Waals surface area contributed by atoms with Crippen molar-refractivity contribution < 1.29 is 28.6 Å². The SMILES string of the molecule is O=C(N=C(NC(=O)OCc1ccccc1)NC(=O)OCc1ccccc1)OCc1ccccc1. The third kappa shape index (κ3) is 8.83. The molecule has 34 heavy (non-hydrogen) atoms. The van der Waals surface area contributed by atoms with E-state index in [0.29, 0.717) is 0 Å². The molecule has 0 aromatic heterocycles. The number of rotatable bonds is 6. The van der Waals surface area contributed by atoms with E-state index < -0.39 is 24.2 Å². The van der Waals surface area contributed by atoms with Crippen molar-refractivity contribution in [1.29, 1.82) is 0 Å². The van der Waals surface area contributed by atoms with Crippen LogP contribution in [0.3, 0.4) is 0 Å². The average molecular weight is 461 g/mol. The number of benzene rings is 3. The fourth-order valence-corrected chi connectivity index (χ4v) is 2.64. The molecule has 0 bridgehead atoms. The van der Waals surface area contributed by atoms with Crippen molar-refractivity contribution in [2.75, 3.05) is 0 Å². The summed E-state index contributed by atoms with van der Waals surface area (Å²) in [5.41, 5.74) is 2.26. The van der Waals surface area contributed by atoms with Crippen molar-refractivity contribution in [3.63, 3.8) is 0 Å². The third-order valence-electron chi connectivity index (χ3n) is 4.27. The molecule has 0 unspecified atom stereocenters. The number of alkyl carbamates (subject to hydrolysis) is 2. The highest BCUT2D eigenvalue weighted by Gasteiger charge is 2.15. The summed E-state index contributed by atoms with van der Waals surface area (Å²) in [6.07, 6.45) is -2.88. The van der Waals surface area contributed by atoms with Crippen molar-refractivity contribution >= 4 is 24.2 Å². The van der Waals surface area contributed by atoms with Gasteiger partial charge in [-0.1, -0.05) is 91.0 Å². The molecule has 9 nitrogen and oxygen atoms in total. The second kappa shape index (κ2) is 13.0. The van der Waals surface area contributed by atoms with Crippen molar-refractivity contribution in [1.82, 2.24) is 10.6 Å². The highest BCUT2D eigenvalue weighted by Crippen LogP contribution is 2.03. The Balaban J connectivity index is 1.59. The van der Waals surface area contributed by atoms with E-state index in [9.17, 15) is 14.4 Å². The number of guanidine groups is 1. The van der Waals surface area contributed by atoms with Crippen LogP contribution in [-0.2, 0) is 34.0 Å². The topological polar surface area (TPSA) is 115 Å². The van der Waals surface area contributed by atoms with Gasteiger partial charge in [-0.15, -0.1) is 4.99 Å². The maximum absolute atomic E-state index is 12.2. The highest BCUT2D eigenvalue weighted by atomic mass is 16.6. The quantitative estimate of drug-likeness (QED) is 0.317. The summed E-state index contributed by atoms with van der Waals surface area (Å²) >= 11 is 0. The fraction of sp³-hybridized carbons (Fsp3) is 0.120. The number of nitrogens with one attached hydrogen (secondary N) is 2. The Kier molecular flexibility index (Phi) is 9.19. The van der Waals surface area contributed by atoms with Crippen LogP contribution in [0.1, 0.15) is 16.7 Å². The number of amides is 3. The van der Waals surface area contributed by atoms with Gasteiger partial charge < -0.3 is 14.2 Å². The number of hydrogen-bond donors (Lipinski definition) is 2. The molecule has 3 rings (SSSR count). The van der Waals surface area contributed by atoms with Crippen LogP contribution in [0, 0.1) is 0 Å². The van der Waals surface area contributed by atoms with Crippen LogP contribution in [0.4, 0.5) is 14.4 Å². The minimum absolute atomic E-state index is 0.0170. The first kappa shape index (κ1) is 24.0. The molecule has 0 spiro atoms. The Hall–Kier alpha value is -4.66. The number of hydrogen-bond acceptors (Lipinski definition) is 6. The summed E-state index contributed by atoms with van der Waals surface area (Å²) in [5, 5.41) is 4.44. The average Bonchev–Trinajstić information content (AvgIpc) is 2.87. The molecule has 3 aromatic rings. The van der Waals surface area contributed by atoms with Gasteiger partial charge in [-0.2, -0.15) is 0 Å². The molecule has 0 heterocycles. The molecule has 9 heteroatoms. The van der Waals surface area contributed by atoms with E-state index in [-0.39, 0.29) is 19.8 Å². The lowest BCUT2D eigenvalue weighted by molar-refractivity contribution is 0.141. The summed E-state index contributed by atoms with van der Waals surface area (Å²) < 4.78 is 15.3. The van der Waals surface area contributed by atoms with Crippen LogP contribution in [-0.4, -0.2) is 24.2 Å². The summed E-state index contributed by atoms with van der Waals surface area (Å²) in [5.74, 6) is -0.491. The van der Waals surface area contributed by atoms with Gasteiger partial charge in [0.2, 0.25) is 5.96 Å². The second-order valence-electron chi connectivity index (χ2n) is 6.87. The van der Waals surface area contributed by atoms with Gasteiger partial charge in [0.05, 0.1) is 0 Å². The molecule has 0 aliphatic rings. The van der Waals surface area contributed by atoms with E-state index in [2.05, 4.69) is 15.6 Å². The first-order valence-electron chi connectivity index (χ1n) is 10.3. The third-order valence-corrected chi connectivity index (χ3v) is 4.27. The van der Waals surface area contributed by atoms with Crippen molar-refractivity contribution in [3.8, 4) is 0 Å². The van der Waals surface area contributed by atoms with Crippen molar-refractivity contribution in [2.45, 2.75) is 19.8 Å². The molecule has 174 valence electrons. The lowest BCUT2D eigenvalue weighted by Gasteiger charge is -2.11. The zero-order valence-electron chi connectivity index (χ0n) is 18.2. The van der Waals surface area contributed by atoms with Crippen LogP contribution >= 0.6 is 0 Å². The minimum atomic E-state index is -1.02. The van der Waals surface area contributed by atoms with Crippen LogP contribution in [0.25, 0.3) is 0 Å². The zero-order chi connectivity index (χ0) is 24.0. The number of carbonyl (C=O) groups is 3. The molecule has 0 fully saturated rings. The first-order valence-corrected chi connectivity index (χ1v) is 10.3. The van der Waals surface area contributed by atoms with Gasteiger partial charge in [0.1, 0.15) is 19.8 Å². The van der Waals surface area contributed by atoms with E-state index in [1.165, 1.54) is 0 Å². The summed E-state index contributed by atoms with van der Waals surface area (Å²) in [7, 11) is 0. The van der Waals surface area contributed by atoms with Crippen LogP contribution in [0.15, 0.2) is 96.0 Å². The highest BCUT2D eigenvalue weighted by molar-refractivity contribution is 6.04. The Labute approximate surface area is 196 Å². The molecule has 0 aliphatic heterocycles. The Morgan fingerprint density at radius 1 is 0.559 bits per heavy atom. The van der Waals surface area contributed by atoms with E-state index in [0.717, 1.165) is 16.7 Å². The van der Waals surface area contributed by atoms with Gasteiger partial charge >= 0.3 is 18.3 Å². The molecule has 0 radical (unpaired) electrons. The van der Waals surface area contributed by atoms with Gasteiger partial charge in [-0.25, -0.2) is 14.4 Å². The number of ether oxygens (including phenoxy) is 3. The molecular formula is C25H23N3O6. The van der Waals surface area contributed by atoms with Crippen molar-refractivity contribution in [3.05, 3.63) is 108 Å². The molecule has 0 saturated heterocycles. The maximum Gasteiger partial charge on any atom is 0.437 e. The molecular weight excluding hydrogens is 438 g/mol. The van der Waals surface area contributed by atoms with E-state index in [1.54, 1.807) is 72.8 Å². The normalized spacial score (nSPS) is 9.88. The molecule has 0 aliphatic carbocycles. The number of carbonyl (C=O) groups excluding carboxylic acids is 3. The number of nitrogens with zero attached hydrogens (tertiary/aromatic N) is 1. The minimum Gasteiger partial charge on any atom is -0.444 e. The first-order chi connectivity index (χ1) is 16.6. The second-order valence-corrected chi connectivity index (χ2v) is 6.87. The standard InChI is InChI=1S/C25H23N3O6/c29-23(32-16-19-10-4-1-5-11-19)26-22(27-24(30)33-17-20-12-6-2-7-13-20)28-25(31)34-18-21-14-8-3-9-15-21/h1-15H,16-18H2,(H2,26,27,28,29,30,31).